The van der Waals surface area contributed by atoms with Crippen molar-refractivity contribution in [3.63, 3.8) is 0 Å². The fourth-order valence-corrected chi connectivity index (χ4v) is 5.98. The van der Waals surface area contributed by atoms with Gasteiger partial charge in [0.25, 0.3) is 0 Å². The Balaban J connectivity index is 2.02. The molecule has 0 saturated carbocycles. The van der Waals surface area contributed by atoms with E-state index >= 15 is 0 Å². The molecule has 0 aromatic carbocycles. The molecule has 2 saturated heterocycles. The van der Waals surface area contributed by atoms with E-state index in [1.165, 1.54) is 4.90 Å². The summed E-state index contributed by atoms with van der Waals surface area (Å²) < 4.78 is 15.4. The van der Waals surface area contributed by atoms with Gasteiger partial charge in [0.2, 0.25) is 6.79 Å². The predicted molar refractivity (Wildman–Crippen MR) is 105 cm³/mol. The van der Waals surface area contributed by atoms with Crippen molar-refractivity contribution in [3.8, 4) is 0 Å². The molecule has 27 heavy (non-hydrogen) atoms. The molecule has 2 aliphatic rings. The summed E-state index contributed by atoms with van der Waals surface area (Å²) in [4.78, 5) is 38.5. The minimum absolute atomic E-state index is 0.206. The first-order chi connectivity index (χ1) is 12.3. The average molecular weight is 420 g/mol. The Labute approximate surface area is 169 Å². The summed E-state index contributed by atoms with van der Waals surface area (Å²) in [5.41, 5.74) is -1.33. The van der Waals surface area contributed by atoms with Crippen molar-refractivity contribution in [1.82, 2.24) is 4.90 Å². The van der Waals surface area contributed by atoms with Gasteiger partial charge in [-0.1, -0.05) is 0 Å². The minimum Gasteiger partial charge on any atom is -0.444 e. The van der Waals surface area contributed by atoms with Gasteiger partial charge in [0, 0.05) is 24.5 Å². The molecular formula is C18H29NO6S2. The molecule has 0 aromatic rings. The molecule has 2 heterocycles. The predicted octanol–water partition coefficient (Wildman–Crippen LogP) is 3.26. The molecule has 0 aliphatic carbocycles. The Kier molecular flexibility index (Phi) is 6.67. The summed E-state index contributed by atoms with van der Waals surface area (Å²) in [5, 5.41) is 0. The zero-order valence-electron chi connectivity index (χ0n) is 16.8. The van der Waals surface area contributed by atoms with E-state index in [9.17, 15) is 14.4 Å². The van der Waals surface area contributed by atoms with E-state index in [0.29, 0.717) is 13.0 Å². The van der Waals surface area contributed by atoms with Crippen LogP contribution < -0.4 is 0 Å². The topological polar surface area (TPSA) is 82.1 Å². The monoisotopic (exact) mass is 419 g/mol. The van der Waals surface area contributed by atoms with E-state index in [0.717, 1.165) is 11.5 Å². The van der Waals surface area contributed by atoms with Crippen molar-refractivity contribution in [2.45, 2.75) is 63.7 Å². The first-order valence-corrected chi connectivity index (χ1v) is 10.9. The van der Waals surface area contributed by atoms with E-state index in [1.807, 2.05) is 0 Å². The van der Waals surface area contributed by atoms with Gasteiger partial charge in [-0.15, -0.1) is 23.5 Å². The zero-order valence-corrected chi connectivity index (χ0v) is 18.5. The molecule has 1 atom stereocenters. The third-order valence-corrected chi connectivity index (χ3v) is 7.43. The number of esters is 2. The van der Waals surface area contributed by atoms with Crippen molar-refractivity contribution < 1.29 is 28.6 Å². The largest absolute Gasteiger partial charge is 0.444 e. The van der Waals surface area contributed by atoms with Gasteiger partial charge in [-0.3, -0.25) is 9.69 Å². The van der Waals surface area contributed by atoms with Gasteiger partial charge in [-0.05, 0) is 41.5 Å². The van der Waals surface area contributed by atoms with Crippen LogP contribution in [0, 0.1) is 5.41 Å². The van der Waals surface area contributed by atoms with Crippen LogP contribution in [0.4, 0.5) is 4.79 Å². The van der Waals surface area contributed by atoms with Crippen LogP contribution in [-0.2, 0) is 23.8 Å². The Morgan fingerprint density at radius 2 is 1.63 bits per heavy atom. The van der Waals surface area contributed by atoms with E-state index in [-0.39, 0.29) is 4.08 Å². The molecule has 0 aromatic heterocycles. The number of carbonyl (C=O) groups is 3. The summed E-state index contributed by atoms with van der Waals surface area (Å²) in [7, 11) is 0. The number of ether oxygens (including phenoxy) is 3. The molecular weight excluding hydrogens is 390 g/mol. The second-order valence-electron chi connectivity index (χ2n) is 8.70. The Bertz CT molecular complexity index is 590. The normalized spacial score (nSPS) is 22.0. The van der Waals surface area contributed by atoms with Crippen molar-refractivity contribution in [2.75, 3.05) is 24.8 Å². The van der Waals surface area contributed by atoms with Crippen LogP contribution in [0.2, 0.25) is 0 Å². The molecule has 1 amide bonds. The number of likely N-dealkylation sites (tertiary alicyclic amines) is 1. The number of nitrogens with zero attached hydrogens (tertiary/aromatic N) is 1. The number of carbonyl (C=O) groups excluding carboxylic acids is 3. The number of amides is 1. The van der Waals surface area contributed by atoms with Crippen LogP contribution in [0.5, 0.6) is 0 Å². The Morgan fingerprint density at radius 1 is 1.04 bits per heavy atom. The average Bonchev–Trinajstić information content (AvgIpc) is 3.12. The highest BCUT2D eigenvalue weighted by atomic mass is 32.2. The third kappa shape index (κ3) is 5.94. The molecule has 9 heteroatoms. The van der Waals surface area contributed by atoms with Crippen molar-refractivity contribution in [3.05, 3.63) is 0 Å². The van der Waals surface area contributed by atoms with Gasteiger partial charge < -0.3 is 14.2 Å². The molecule has 0 bridgehead atoms. The third-order valence-electron chi connectivity index (χ3n) is 4.01. The number of hydrogen-bond donors (Lipinski definition) is 0. The van der Waals surface area contributed by atoms with Crippen molar-refractivity contribution >= 4 is 41.6 Å². The molecule has 7 nitrogen and oxygen atoms in total. The van der Waals surface area contributed by atoms with E-state index in [2.05, 4.69) is 0 Å². The minimum atomic E-state index is -0.744. The maximum atomic E-state index is 12.6. The molecule has 0 N–H and O–H groups in total. The summed E-state index contributed by atoms with van der Waals surface area (Å²) in [6.45, 7) is 10.5. The molecule has 2 rings (SSSR count). The lowest BCUT2D eigenvalue weighted by molar-refractivity contribution is -0.175. The maximum absolute atomic E-state index is 12.6. The summed E-state index contributed by atoms with van der Waals surface area (Å²) in [6.07, 6.45) is -0.0331. The fraction of sp³-hybridized carbons (Fsp3) is 0.833. The highest BCUT2D eigenvalue weighted by Gasteiger charge is 2.52. The van der Waals surface area contributed by atoms with Crippen molar-refractivity contribution in [2.24, 2.45) is 5.41 Å². The molecule has 2 fully saturated rings. The second kappa shape index (κ2) is 8.11. The molecule has 1 unspecified atom stereocenters. The number of hydrogen-bond acceptors (Lipinski definition) is 8. The van der Waals surface area contributed by atoms with Crippen LogP contribution in [0.3, 0.4) is 0 Å². The fourth-order valence-electron chi connectivity index (χ4n) is 2.72. The van der Waals surface area contributed by atoms with Gasteiger partial charge >= 0.3 is 18.0 Å². The smallest absolute Gasteiger partial charge is 0.411 e. The molecule has 2 aliphatic heterocycles. The van der Waals surface area contributed by atoms with Crippen LogP contribution in [-0.4, -0.2) is 63.5 Å². The molecule has 154 valence electrons. The lowest BCUT2D eigenvalue weighted by atomic mass is 9.98. The maximum Gasteiger partial charge on any atom is 0.411 e. The second-order valence-corrected chi connectivity index (χ2v) is 11.9. The van der Waals surface area contributed by atoms with Crippen LogP contribution in [0.1, 0.15) is 48.0 Å². The van der Waals surface area contributed by atoms with Gasteiger partial charge in [0.05, 0.1) is 9.49 Å². The van der Waals surface area contributed by atoms with Gasteiger partial charge in [0.15, 0.2) is 0 Å². The van der Waals surface area contributed by atoms with E-state index in [1.54, 1.807) is 65.1 Å². The first kappa shape index (κ1) is 22.2. The summed E-state index contributed by atoms with van der Waals surface area (Å²) in [6, 6.07) is -0.744. The van der Waals surface area contributed by atoms with Crippen LogP contribution in [0.25, 0.3) is 0 Å². The zero-order chi connectivity index (χ0) is 20.5. The van der Waals surface area contributed by atoms with Gasteiger partial charge in [0.1, 0.15) is 11.6 Å². The standard InChI is InChI=1S/C18H29NO6S2/c1-16(2,3)14(21)24-11-23-13(20)12-9-18(26-7-8-27-18)10-19(12)15(22)25-17(4,5)6/h12H,7-11H2,1-6H3. The highest BCUT2D eigenvalue weighted by Crippen LogP contribution is 2.52. The quantitative estimate of drug-likeness (QED) is 0.509. The lowest BCUT2D eigenvalue weighted by Gasteiger charge is -2.28. The summed E-state index contributed by atoms with van der Waals surface area (Å²) in [5.74, 6) is 0.937. The number of rotatable bonds is 3. The molecule has 1 spiro atoms. The first-order valence-electron chi connectivity index (χ1n) is 8.94. The van der Waals surface area contributed by atoms with Gasteiger partial charge in [-0.2, -0.15) is 0 Å². The van der Waals surface area contributed by atoms with Gasteiger partial charge in [-0.25, -0.2) is 9.59 Å². The van der Waals surface area contributed by atoms with E-state index < -0.39 is 41.9 Å². The highest BCUT2D eigenvalue weighted by molar-refractivity contribution is 8.21. The van der Waals surface area contributed by atoms with Crippen molar-refractivity contribution in [1.29, 1.82) is 0 Å². The van der Waals surface area contributed by atoms with Crippen LogP contribution >= 0.6 is 23.5 Å². The Hall–Kier alpha value is -1.09. The SMILES string of the molecule is CC(C)(C)OC(=O)N1CC2(CC1C(=O)OCOC(=O)C(C)(C)C)SCCS2. The summed E-state index contributed by atoms with van der Waals surface area (Å²) >= 11 is 3.53. The molecule has 0 radical (unpaired) electrons. The van der Waals surface area contributed by atoms with Crippen LogP contribution in [0.15, 0.2) is 0 Å². The number of thioether (sulfide) groups is 2. The lowest BCUT2D eigenvalue weighted by Crippen LogP contribution is -2.44. The Morgan fingerprint density at radius 3 is 2.15 bits per heavy atom. The van der Waals surface area contributed by atoms with E-state index in [4.69, 9.17) is 14.2 Å².